The van der Waals surface area contributed by atoms with E-state index in [1.807, 2.05) is 6.92 Å². The maximum atomic E-state index is 13.9. The van der Waals surface area contributed by atoms with Gasteiger partial charge < -0.3 is 10.4 Å². The van der Waals surface area contributed by atoms with Crippen LogP contribution in [0.3, 0.4) is 0 Å². The number of thiol groups is 1. The SMILES string of the molecule is Cc1cc(CO)ccc1C1=NC=C[SH]1c1nc(NC2CCN(S(C)(=O)=O)CC2)ncc1C(F)(F)F. The molecule has 2 aliphatic rings. The number of sulfonamides is 1. The number of anilines is 1. The predicted octanol–water partition coefficient (Wildman–Crippen LogP) is 3.42. The van der Waals surface area contributed by atoms with E-state index in [0.29, 0.717) is 42.1 Å². The summed E-state index contributed by atoms with van der Waals surface area (Å²) in [4.78, 5) is 12.6. The predicted molar refractivity (Wildman–Crippen MR) is 130 cm³/mol. The summed E-state index contributed by atoms with van der Waals surface area (Å²) in [6.07, 6.45) is -0.216. The number of rotatable bonds is 6. The zero-order valence-electron chi connectivity index (χ0n) is 19.1. The fourth-order valence-corrected chi connectivity index (χ4v) is 6.99. The van der Waals surface area contributed by atoms with E-state index >= 15 is 0 Å². The lowest BCUT2D eigenvalue weighted by Crippen LogP contribution is -2.42. The van der Waals surface area contributed by atoms with Crippen molar-refractivity contribution in [2.45, 2.75) is 43.6 Å². The van der Waals surface area contributed by atoms with Gasteiger partial charge in [0.1, 0.15) is 10.6 Å². The highest BCUT2D eigenvalue weighted by Gasteiger charge is 2.38. The van der Waals surface area contributed by atoms with E-state index in [1.165, 1.54) is 10.5 Å². The molecular formula is C22H26F3N5O3S2. The minimum atomic E-state index is -4.64. The Morgan fingerprint density at radius 2 is 1.97 bits per heavy atom. The quantitative estimate of drug-likeness (QED) is 0.391. The first kappa shape index (κ1) is 25.6. The topological polar surface area (TPSA) is 108 Å². The normalized spacial score (nSPS) is 20.7. The molecule has 2 N–H and O–H groups in total. The van der Waals surface area contributed by atoms with Gasteiger partial charge in [-0.3, -0.25) is 0 Å². The van der Waals surface area contributed by atoms with Gasteiger partial charge in [-0.25, -0.2) is 27.7 Å². The molecule has 0 spiro atoms. The molecule has 1 aromatic heterocycles. The second kappa shape index (κ2) is 9.88. The number of benzene rings is 1. The average Bonchev–Trinajstić information content (AvgIpc) is 3.27. The number of aryl methyl sites for hydroxylation is 1. The number of aliphatic hydroxyl groups excluding tert-OH is 1. The molecule has 0 bridgehead atoms. The van der Waals surface area contributed by atoms with E-state index in [9.17, 15) is 26.7 Å². The molecule has 190 valence electrons. The molecule has 0 amide bonds. The number of piperidine rings is 1. The third kappa shape index (κ3) is 5.68. The van der Waals surface area contributed by atoms with E-state index in [2.05, 4.69) is 20.3 Å². The van der Waals surface area contributed by atoms with Gasteiger partial charge in [0, 0.05) is 37.1 Å². The summed E-state index contributed by atoms with van der Waals surface area (Å²) in [5, 5.41) is 14.4. The molecule has 3 heterocycles. The summed E-state index contributed by atoms with van der Waals surface area (Å²) >= 11 is 0. The van der Waals surface area contributed by atoms with Crippen molar-refractivity contribution in [1.29, 1.82) is 0 Å². The number of hydrogen-bond donors (Lipinski definition) is 3. The number of halogens is 3. The van der Waals surface area contributed by atoms with Crippen molar-refractivity contribution in [3.8, 4) is 0 Å². The molecule has 2 aliphatic heterocycles. The third-order valence-corrected chi connectivity index (χ3v) is 9.26. The summed E-state index contributed by atoms with van der Waals surface area (Å²) < 4.78 is 66.6. The van der Waals surface area contributed by atoms with Crippen LogP contribution in [-0.4, -0.2) is 58.2 Å². The molecule has 1 unspecified atom stereocenters. The number of hydrogen-bond acceptors (Lipinski definition) is 7. The minimum Gasteiger partial charge on any atom is -0.392 e. The number of aromatic nitrogens is 2. The molecule has 1 aromatic carbocycles. The van der Waals surface area contributed by atoms with Crippen LogP contribution in [0, 0.1) is 6.92 Å². The van der Waals surface area contributed by atoms with Gasteiger partial charge in [-0.15, -0.1) is 10.9 Å². The van der Waals surface area contributed by atoms with E-state index in [-0.39, 0.29) is 23.6 Å². The van der Waals surface area contributed by atoms with Gasteiger partial charge in [0.25, 0.3) is 0 Å². The zero-order valence-corrected chi connectivity index (χ0v) is 20.8. The van der Waals surface area contributed by atoms with Gasteiger partial charge in [-0.2, -0.15) is 13.2 Å². The molecular weight excluding hydrogens is 503 g/mol. The molecule has 4 rings (SSSR count). The van der Waals surface area contributed by atoms with Crippen molar-refractivity contribution in [2.24, 2.45) is 4.99 Å². The molecule has 8 nitrogen and oxygen atoms in total. The Kier molecular flexibility index (Phi) is 7.23. The molecule has 1 fully saturated rings. The molecule has 35 heavy (non-hydrogen) atoms. The standard InChI is InChI=1S/C22H26F3N5O3S2/c1-14-11-15(13-31)3-4-17(14)19-26-7-10-34(19)20-18(22(23,24)25)12-27-21(29-20)28-16-5-8-30(9-6-16)35(2,32)33/h3-4,7,10-12,16,31,34H,5-6,8-9,13H2,1-2H3,(H,27,28,29). The third-order valence-electron chi connectivity index (χ3n) is 5.91. The largest absolute Gasteiger partial charge is 0.420 e. The Labute approximate surface area is 204 Å². The van der Waals surface area contributed by atoms with Crippen molar-refractivity contribution in [3.05, 3.63) is 58.3 Å². The van der Waals surface area contributed by atoms with E-state index in [1.54, 1.807) is 23.6 Å². The van der Waals surface area contributed by atoms with E-state index < -0.39 is 32.7 Å². The van der Waals surface area contributed by atoms with Crippen LogP contribution in [0.4, 0.5) is 19.1 Å². The Morgan fingerprint density at radius 3 is 2.57 bits per heavy atom. The molecule has 0 aliphatic carbocycles. The fraction of sp³-hybridized carbons (Fsp3) is 0.409. The number of nitrogens with zero attached hydrogens (tertiary/aromatic N) is 4. The fourth-order valence-electron chi connectivity index (χ4n) is 4.09. The number of alkyl halides is 3. The molecule has 1 atom stereocenters. The Bertz CT molecular complexity index is 1270. The Morgan fingerprint density at radius 1 is 1.26 bits per heavy atom. The monoisotopic (exact) mass is 529 g/mol. The van der Waals surface area contributed by atoms with Crippen LogP contribution in [-0.2, 0) is 22.8 Å². The number of aliphatic hydroxyl groups is 1. The molecule has 0 saturated carbocycles. The minimum absolute atomic E-state index is 0.0697. The number of nitrogens with one attached hydrogen (secondary N) is 1. The highest BCUT2D eigenvalue weighted by molar-refractivity contribution is 8.33. The van der Waals surface area contributed by atoms with Gasteiger partial charge >= 0.3 is 6.18 Å². The van der Waals surface area contributed by atoms with Crippen LogP contribution in [0.5, 0.6) is 0 Å². The number of aliphatic imine (C=N–C) groups is 1. The van der Waals surface area contributed by atoms with Crippen LogP contribution in [0.25, 0.3) is 0 Å². The smallest absolute Gasteiger partial charge is 0.392 e. The van der Waals surface area contributed by atoms with Crippen LogP contribution in [0.15, 0.2) is 46.0 Å². The first-order chi connectivity index (χ1) is 16.5. The van der Waals surface area contributed by atoms with Crippen LogP contribution in [0.1, 0.15) is 35.1 Å². The first-order valence-corrected chi connectivity index (χ1v) is 14.1. The Balaban J connectivity index is 1.63. The summed E-state index contributed by atoms with van der Waals surface area (Å²) in [5.74, 6) is 0.0697. The average molecular weight is 530 g/mol. The summed E-state index contributed by atoms with van der Waals surface area (Å²) in [6.45, 7) is 2.32. The lowest BCUT2D eigenvalue weighted by Gasteiger charge is -2.31. The van der Waals surface area contributed by atoms with Gasteiger partial charge in [0.05, 0.1) is 17.9 Å². The zero-order chi connectivity index (χ0) is 25.4. The van der Waals surface area contributed by atoms with E-state index in [0.717, 1.165) is 18.0 Å². The van der Waals surface area contributed by atoms with Crippen molar-refractivity contribution < 1.29 is 26.7 Å². The highest BCUT2D eigenvalue weighted by atomic mass is 32.2. The molecule has 0 radical (unpaired) electrons. The van der Waals surface area contributed by atoms with Crippen LogP contribution < -0.4 is 5.32 Å². The van der Waals surface area contributed by atoms with Gasteiger partial charge in [0.15, 0.2) is 0 Å². The molecule has 2 aromatic rings. The second-order valence-electron chi connectivity index (χ2n) is 8.44. The second-order valence-corrected chi connectivity index (χ2v) is 12.3. The summed E-state index contributed by atoms with van der Waals surface area (Å²) in [7, 11) is -4.93. The maximum Gasteiger partial charge on any atom is 0.420 e. The first-order valence-electron chi connectivity index (χ1n) is 10.9. The highest BCUT2D eigenvalue weighted by Crippen LogP contribution is 2.49. The van der Waals surface area contributed by atoms with Crippen molar-refractivity contribution in [2.75, 3.05) is 24.7 Å². The van der Waals surface area contributed by atoms with Gasteiger partial charge in [-0.05, 0) is 36.3 Å². The van der Waals surface area contributed by atoms with Crippen molar-refractivity contribution >= 4 is 31.9 Å². The van der Waals surface area contributed by atoms with Crippen LogP contribution >= 0.6 is 10.9 Å². The van der Waals surface area contributed by atoms with Crippen LogP contribution in [0.2, 0.25) is 0 Å². The van der Waals surface area contributed by atoms with Gasteiger partial charge in [-0.1, -0.05) is 18.2 Å². The molecule has 13 heteroatoms. The van der Waals surface area contributed by atoms with Crippen molar-refractivity contribution in [1.82, 2.24) is 14.3 Å². The maximum absolute atomic E-state index is 13.9. The summed E-state index contributed by atoms with van der Waals surface area (Å²) in [6, 6.07) is 5.10. The van der Waals surface area contributed by atoms with E-state index in [4.69, 9.17) is 0 Å². The lowest BCUT2D eigenvalue weighted by molar-refractivity contribution is -0.140. The Hall–Kier alpha value is -2.48. The molecule has 1 saturated heterocycles. The lowest BCUT2D eigenvalue weighted by atomic mass is 10.1. The van der Waals surface area contributed by atoms with Gasteiger partial charge in [0.2, 0.25) is 16.0 Å². The summed E-state index contributed by atoms with van der Waals surface area (Å²) in [5.41, 5.74) is 1.29. The van der Waals surface area contributed by atoms with Crippen molar-refractivity contribution in [3.63, 3.8) is 0 Å².